The van der Waals surface area contributed by atoms with Crippen molar-refractivity contribution in [1.29, 1.82) is 0 Å². The highest BCUT2D eigenvalue weighted by Crippen LogP contribution is 2.57. The maximum Gasteiger partial charge on any atom is 0.0465 e. The summed E-state index contributed by atoms with van der Waals surface area (Å²) in [7, 11) is 6.51. The average molecular weight is 1950 g/mol. The van der Waals surface area contributed by atoms with Crippen LogP contribution in [0.25, 0.3) is 33.4 Å². The molecule has 0 amide bonds. The van der Waals surface area contributed by atoms with Crippen molar-refractivity contribution in [2.24, 2.45) is 0 Å². The third kappa shape index (κ3) is 27.3. The molecule has 0 radical (unpaired) electrons. The van der Waals surface area contributed by atoms with Gasteiger partial charge in [-0.2, -0.15) is 0 Å². The maximum atomic E-state index is 2.59. The quantitative estimate of drug-likeness (QED) is 0.0352. The molecule has 0 aliphatic heterocycles. The van der Waals surface area contributed by atoms with Gasteiger partial charge in [-0.3, -0.25) is 0 Å². The Kier molecular flexibility index (Phi) is 37.0. The van der Waals surface area contributed by atoms with Gasteiger partial charge in [-0.25, -0.2) is 0 Å². The van der Waals surface area contributed by atoms with Gasteiger partial charge < -0.3 is 24.5 Å². The molecule has 0 spiro atoms. The van der Waals surface area contributed by atoms with E-state index >= 15 is 0 Å². The number of anilines is 12. The molecule has 16 aromatic rings. The largest absolute Gasteiger partial charge is 0.345 e. The summed E-state index contributed by atoms with van der Waals surface area (Å²) in [6, 6.07) is 139. The Morgan fingerprint density at radius 1 is 0.189 bits per heavy atom. The van der Waals surface area contributed by atoms with E-state index in [1.54, 1.807) is 55.6 Å². The van der Waals surface area contributed by atoms with E-state index in [0.29, 0.717) is 0 Å². The Morgan fingerprint density at radius 3 is 0.858 bits per heavy atom. The van der Waals surface area contributed by atoms with Crippen molar-refractivity contribution in [2.45, 2.75) is 284 Å². The summed E-state index contributed by atoms with van der Waals surface area (Å²) in [5.41, 5.74) is 47.5. The molecule has 0 aromatic heterocycles. The molecule has 0 fully saturated rings. The van der Waals surface area contributed by atoms with Crippen LogP contribution in [0.2, 0.25) is 0 Å². The molecule has 0 saturated carbocycles. The smallest absolute Gasteiger partial charge is 0.0465 e. The number of nitrogens with zero attached hydrogens (tertiary/aromatic N) is 5. The van der Waals surface area contributed by atoms with Crippen LogP contribution in [0.1, 0.15) is 275 Å². The van der Waals surface area contributed by atoms with Crippen LogP contribution in [0.4, 0.5) is 68.2 Å². The van der Waals surface area contributed by atoms with E-state index in [1.165, 1.54) is 348 Å². The number of rotatable bonds is 49. The highest BCUT2D eigenvalue weighted by Gasteiger charge is 2.43. The van der Waals surface area contributed by atoms with Crippen molar-refractivity contribution in [3.05, 3.63) is 465 Å². The van der Waals surface area contributed by atoms with E-state index in [9.17, 15) is 0 Å². The predicted molar refractivity (Wildman–Crippen MR) is 639 cm³/mol. The molecule has 20 rings (SSSR count). The molecule has 4 aliphatic carbocycles. The Labute approximate surface area is 889 Å². The number of unbranched alkanes of at least 4 members (excludes halogenated alkanes) is 20. The first-order chi connectivity index (χ1) is 72.7. The molecule has 0 bridgehead atoms. The number of aryl methyl sites for hydroxylation is 15. The lowest BCUT2D eigenvalue weighted by atomic mass is 9.70. The molecule has 0 unspecified atom stereocenters. The fourth-order valence-electron chi connectivity index (χ4n) is 23.1. The van der Waals surface area contributed by atoms with Crippen molar-refractivity contribution in [2.75, 3.05) is 45.6 Å². The number of benzene rings is 16. The molecule has 16 aromatic carbocycles. The minimum absolute atomic E-state index is 0.0268. The van der Waals surface area contributed by atoms with E-state index in [0.717, 1.165) is 36.3 Å². The summed E-state index contributed by atoms with van der Waals surface area (Å²) in [4.78, 5) is 11.7. The van der Waals surface area contributed by atoms with Gasteiger partial charge in [-0.15, -0.1) is 0 Å². The topological polar surface area (TPSA) is 16.2 Å². The molecule has 0 heterocycles. The van der Waals surface area contributed by atoms with Crippen LogP contribution in [0, 0.1) is 20.8 Å². The summed E-state index contributed by atoms with van der Waals surface area (Å²) in [5, 5.41) is 0. The van der Waals surface area contributed by atoms with Crippen LogP contribution in [-0.4, -0.2) is 21.1 Å². The number of fused-ring (bicyclic) bond motifs is 6. The first-order valence-electron chi connectivity index (χ1n) is 57.0. The van der Waals surface area contributed by atoms with Crippen molar-refractivity contribution in [3.63, 3.8) is 0 Å². The van der Waals surface area contributed by atoms with Crippen LogP contribution in [-0.2, 0) is 82.5 Å². The lowest BCUT2D eigenvalue weighted by molar-refractivity contribution is 0.398. The number of hydrogen-bond donors (Lipinski definition) is 0. The van der Waals surface area contributed by atoms with Gasteiger partial charge in [0.2, 0.25) is 0 Å². The molecule has 148 heavy (non-hydrogen) atoms. The molecule has 0 saturated heterocycles. The van der Waals surface area contributed by atoms with Gasteiger partial charge in [-0.05, 0) is 393 Å². The summed E-state index contributed by atoms with van der Waals surface area (Å²) in [6.07, 6.45) is 49.0. The van der Waals surface area contributed by atoms with Crippen LogP contribution in [0.5, 0.6) is 0 Å². The lowest BCUT2D eigenvalue weighted by Crippen LogP contribution is -2.26. The van der Waals surface area contributed by atoms with E-state index in [4.69, 9.17) is 0 Å². The zero-order valence-corrected chi connectivity index (χ0v) is 90.3. The zero-order chi connectivity index (χ0) is 102. The molecule has 0 N–H and O–H groups in total. The summed E-state index contributed by atoms with van der Waals surface area (Å²) >= 11 is 0. The van der Waals surface area contributed by atoms with Crippen molar-refractivity contribution >= 4 is 68.2 Å². The third-order valence-electron chi connectivity index (χ3n) is 32.6. The van der Waals surface area contributed by atoms with Crippen molar-refractivity contribution < 1.29 is 0 Å². The average Bonchev–Trinajstić information content (AvgIpc) is 1.56. The monoisotopic (exact) mass is 1950 g/mol. The van der Waals surface area contributed by atoms with Crippen LogP contribution in [0.3, 0.4) is 0 Å². The number of para-hydroxylation sites is 2. The second-order valence-corrected chi connectivity index (χ2v) is 43.3. The Hall–Kier alpha value is -13.5. The Bertz CT molecular complexity index is 6840. The molecular formula is C143H161N5. The Morgan fingerprint density at radius 2 is 0.459 bits per heavy atom. The van der Waals surface area contributed by atoms with Gasteiger partial charge in [0.25, 0.3) is 0 Å². The summed E-state index contributed by atoms with van der Waals surface area (Å²) in [5.74, 6) is 0. The molecule has 5 nitrogen and oxygen atoms in total. The molecule has 4 aliphatic rings. The Balaban J connectivity index is 0.000000155. The fourth-order valence-corrected chi connectivity index (χ4v) is 23.1. The molecular weight excluding hydrogens is 1790 g/mol. The van der Waals surface area contributed by atoms with E-state index in [-0.39, 0.29) is 5.41 Å². The van der Waals surface area contributed by atoms with Crippen molar-refractivity contribution in [3.8, 4) is 33.4 Å². The minimum atomic E-state index is 0.0268. The normalized spacial score (nSPS) is 12.5. The van der Waals surface area contributed by atoms with Gasteiger partial charge in [0.1, 0.15) is 0 Å². The third-order valence-corrected chi connectivity index (χ3v) is 32.6. The molecule has 5 heteroatoms. The van der Waals surface area contributed by atoms with Gasteiger partial charge in [0.15, 0.2) is 0 Å². The lowest BCUT2D eigenvalue weighted by Gasteiger charge is -2.34. The van der Waals surface area contributed by atoms with Gasteiger partial charge in [0.05, 0.1) is 0 Å². The fraction of sp³-hybridized carbons (Fsp3) is 0.329. The van der Waals surface area contributed by atoms with Gasteiger partial charge in [0, 0.05) is 94.8 Å². The minimum Gasteiger partial charge on any atom is -0.345 e. The second kappa shape index (κ2) is 52.4. The van der Waals surface area contributed by atoms with Crippen LogP contribution >= 0.6 is 0 Å². The highest BCUT2D eigenvalue weighted by atomic mass is 15.2. The van der Waals surface area contributed by atoms with Crippen LogP contribution < -0.4 is 24.5 Å². The van der Waals surface area contributed by atoms with Gasteiger partial charge in [-0.1, -0.05) is 383 Å². The SMILES string of the molecule is CCCCCCCCC1(CCCCCCCC)c2cc(C)ccc2-c2ccc(N(c3ccccc3)c3ccc(N(C)c4ccc(-c5ccc(CCc6ccc7c(c6)CC7)cc5)cc4)cc3)cc21.Cc1ccc(-c2ccc(N(c3ccccc3)c3ccc(N(C)c4cccc(CCCCCCCCc5ccc6c(c5)CC6)c4)cc3)cc2)cc1.Cc1ccc(N(C)c2cccc(CCCCCCCCc3ccc4c(c3)CC4)c2)cc1. The second-order valence-electron chi connectivity index (χ2n) is 43.3. The first-order valence-corrected chi connectivity index (χ1v) is 57.0. The van der Waals surface area contributed by atoms with E-state index < -0.39 is 0 Å². The number of hydrogen-bond acceptors (Lipinski definition) is 5. The first kappa shape index (κ1) is 104. The summed E-state index contributed by atoms with van der Waals surface area (Å²) in [6.45, 7) is 11.2. The maximum absolute atomic E-state index is 2.59. The van der Waals surface area contributed by atoms with E-state index in [2.05, 4.69) is 450 Å². The van der Waals surface area contributed by atoms with Crippen molar-refractivity contribution in [1.82, 2.24) is 0 Å². The zero-order valence-electron chi connectivity index (χ0n) is 90.3. The molecule has 0 atom stereocenters. The summed E-state index contributed by atoms with van der Waals surface area (Å²) < 4.78 is 0. The van der Waals surface area contributed by atoms with Crippen LogP contribution in [0.15, 0.2) is 370 Å². The molecule has 758 valence electrons. The highest BCUT2D eigenvalue weighted by molar-refractivity contribution is 5.87. The predicted octanol–water partition coefficient (Wildman–Crippen LogP) is 39.7. The van der Waals surface area contributed by atoms with E-state index in [1.807, 2.05) is 0 Å². The standard InChI is InChI=1S/C65H74N2.C48H50N2.C30H37N/c1-5-7-9-11-13-18-44-65(45-19-14-12-10-8-6-2)63-46-49(3)22-42-61(63)62-43-41-60(48-64(62)65)67(58-20-16-15-17-21-58)59-39-37-57(38-40-59)66(4)56-35-33-53(34-36-56)52-28-25-50(26-29-52)23-24-51-27-30-54-31-32-55(54)47-51;1-37-19-22-40(23-20-37)41-27-29-46(30-28-41)50(45-16-10-7-11-17-45)47-33-31-44(32-34-47)49(2)48-18-12-15-38(36-48)13-8-5-3-4-6-9-14-39-21-24-42-25-26-43(42)35-39;1-24-14-20-29(21-15-24)31(2)30-13-9-12-25(23-30)10-7-5-3-4-6-8-11-26-16-17-27-18-19-28(27)22-26/h15-17,20-22,25-30,33-43,46-48H,5-14,18-19,23-24,31-32,44-45H2,1-4H3;7,10-12,15-24,27-36H,3-6,8-9,13-14,25-26H2,1-2H3;9,12-17,20-23H,3-8,10-11,18-19H2,1-2H3. The van der Waals surface area contributed by atoms with Gasteiger partial charge >= 0.3 is 0 Å².